The molecule has 0 aliphatic heterocycles. The summed E-state index contributed by atoms with van der Waals surface area (Å²) in [6, 6.07) is 11.0. The van der Waals surface area contributed by atoms with E-state index in [1.165, 1.54) is 12.1 Å². The zero-order chi connectivity index (χ0) is 26.6. The van der Waals surface area contributed by atoms with Gasteiger partial charge in [0.15, 0.2) is 5.75 Å². The molecule has 0 spiro atoms. The van der Waals surface area contributed by atoms with E-state index in [4.69, 9.17) is 5.73 Å². The summed E-state index contributed by atoms with van der Waals surface area (Å²) in [7, 11) is -14.7. The van der Waals surface area contributed by atoms with Crippen LogP contribution in [0.25, 0.3) is 21.5 Å². The van der Waals surface area contributed by atoms with Gasteiger partial charge in [-0.3, -0.25) is 13.7 Å². The fourth-order valence-electron chi connectivity index (χ4n) is 3.58. The molecule has 0 unspecified atom stereocenters. The number of hydrogen-bond acceptors (Lipinski definition) is 10. The van der Waals surface area contributed by atoms with Crippen molar-refractivity contribution >= 4 is 69.0 Å². The number of phenolic OH excluding ortho intramolecular Hbond substituents is 1. The minimum atomic E-state index is -5.13. The predicted molar refractivity (Wildman–Crippen MR) is 128 cm³/mol. The SMILES string of the molecule is Nc1cc(S(=O)(=O)O)cc2cc(S(=O)(=O)O)c(N=Nc3c(S(=O)(=O)O)ccc4ccccc34)c(O)c12. The molecule has 0 atom stereocenters. The van der Waals surface area contributed by atoms with Crippen molar-refractivity contribution in [3.05, 3.63) is 54.6 Å². The number of benzene rings is 4. The van der Waals surface area contributed by atoms with Gasteiger partial charge in [-0.2, -0.15) is 25.3 Å². The van der Waals surface area contributed by atoms with E-state index in [0.29, 0.717) is 5.39 Å². The number of phenols is 1. The second kappa shape index (κ2) is 8.47. The Hall–Kier alpha value is -3.67. The molecule has 0 fully saturated rings. The van der Waals surface area contributed by atoms with Gasteiger partial charge in [-0.25, -0.2) is 0 Å². The van der Waals surface area contributed by atoms with Gasteiger partial charge in [-0.05, 0) is 35.0 Å². The summed E-state index contributed by atoms with van der Waals surface area (Å²) >= 11 is 0. The molecular weight excluding hydrogens is 538 g/mol. The lowest BCUT2D eigenvalue weighted by Gasteiger charge is -2.12. The number of rotatable bonds is 5. The van der Waals surface area contributed by atoms with Crippen LogP contribution < -0.4 is 5.73 Å². The highest BCUT2D eigenvalue weighted by Crippen LogP contribution is 2.45. The second-order valence-corrected chi connectivity index (χ2v) is 11.6. The van der Waals surface area contributed by atoms with Crippen molar-refractivity contribution in [1.29, 1.82) is 0 Å². The van der Waals surface area contributed by atoms with Gasteiger partial charge in [0.05, 0.1) is 4.90 Å². The van der Waals surface area contributed by atoms with Crippen molar-refractivity contribution in [1.82, 2.24) is 0 Å². The van der Waals surface area contributed by atoms with Crippen molar-refractivity contribution in [2.24, 2.45) is 10.2 Å². The van der Waals surface area contributed by atoms with E-state index >= 15 is 0 Å². The molecule has 16 heteroatoms. The molecule has 4 aromatic carbocycles. The largest absolute Gasteiger partial charge is 0.505 e. The predicted octanol–water partition coefficient (Wildman–Crippen LogP) is 3.44. The van der Waals surface area contributed by atoms with Crippen LogP contribution in [-0.2, 0) is 30.4 Å². The van der Waals surface area contributed by atoms with Gasteiger partial charge in [0.2, 0.25) is 0 Å². The highest BCUT2D eigenvalue weighted by molar-refractivity contribution is 7.86. The first-order valence-electron chi connectivity index (χ1n) is 9.54. The van der Waals surface area contributed by atoms with Crippen LogP contribution in [0.5, 0.6) is 5.75 Å². The number of azo groups is 1. The van der Waals surface area contributed by atoms with Crippen LogP contribution in [0.15, 0.2) is 79.5 Å². The Labute approximate surface area is 203 Å². The second-order valence-electron chi connectivity index (χ2n) is 7.44. The number of fused-ring (bicyclic) bond motifs is 2. The lowest BCUT2D eigenvalue weighted by molar-refractivity contribution is 0.472. The number of aromatic hydroxyl groups is 1. The Morgan fingerprint density at radius 2 is 1.28 bits per heavy atom. The molecule has 0 saturated heterocycles. The molecule has 0 aromatic heterocycles. The average molecular weight is 554 g/mol. The van der Waals surface area contributed by atoms with Crippen LogP contribution in [0, 0.1) is 0 Å². The van der Waals surface area contributed by atoms with Crippen LogP contribution in [0.1, 0.15) is 0 Å². The maximum absolute atomic E-state index is 12.1. The monoisotopic (exact) mass is 553 g/mol. The Morgan fingerprint density at radius 3 is 1.89 bits per heavy atom. The van der Waals surface area contributed by atoms with Gasteiger partial charge in [0.25, 0.3) is 30.4 Å². The maximum Gasteiger partial charge on any atom is 0.296 e. The summed E-state index contributed by atoms with van der Waals surface area (Å²) < 4.78 is 99.7. The fraction of sp³-hybridized carbons (Fsp3) is 0. The number of nitrogens with zero attached hydrogens (tertiary/aromatic N) is 2. The van der Waals surface area contributed by atoms with Crippen molar-refractivity contribution < 1.29 is 44.0 Å². The van der Waals surface area contributed by atoms with Gasteiger partial charge in [-0.1, -0.05) is 30.3 Å². The van der Waals surface area contributed by atoms with Gasteiger partial charge >= 0.3 is 0 Å². The van der Waals surface area contributed by atoms with Crippen LogP contribution in [-0.4, -0.2) is 44.0 Å². The summed E-state index contributed by atoms with van der Waals surface area (Å²) in [6.07, 6.45) is 0. The molecule has 0 heterocycles. The topological polar surface area (TPSA) is 234 Å². The van der Waals surface area contributed by atoms with Gasteiger partial charge in [0.1, 0.15) is 21.2 Å². The smallest absolute Gasteiger partial charge is 0.296 e. The number of anilines is 1. The summed E-state index contributed by atoms with van der Waals surface area (Å²) in [6.45, 7) is 0. The number of nitrogens with two attached hydrogens (primary N) is 1. The third-order valence-electron chi connectivity index (χ3n) is 5.12. The highest BCUT2D eigenvalue weighted by Gasteiger charge is 2.25. The van der Waals surface area contributed by atoms with Crippen molar-refractivity contribution in [2.75, 3.05) is 5.73 Å². The Morgan fingerprint density at radius 1 is 0.667 bits per heavy atom. The minimum absolute atomic E-state index is 0.197. The van der Waals surface area contributed by atoms with E-state index in [9.17, 15) is 44.0 Å². The van der Waals surface area contributed by atoms with E-state index < -0.39 is 67.9 Å². The molecule has 36 heavy (non-hydrogen) atoms. The molecule has 4 aromatic rings. The Bertz CT molecular complexity index is 1940. The van der Waals surface area contributed by atoms with Crippen LogP contribution >= 0.6 is 0 Å². The molecule has 0 amide bonds. The van der Waals surface area contributed by atoms with E-state index in [1.54, 1.807) is 18.2 Å². The third kappa shape index (κ3) is 4.60. The number of hydrogen-bond donors (Lipinski definition) is 5. The fourth-order valence-corrected chi connectivity index (χ4v) is 5.42. The van der Waals surface area contributed by atoms with Crippen molar-refractivity contribution in [3.63, 3.8) is 0 Å². The summed E-state index contributed by atoms with van der Waals surface area (Å²) in [4.78, 5) is -2.41. The van der Waals surface area contributed by atoms with Crippen LogP contribution in [0.2, 0.25) is 0 Å². The molecule has 188 valence electrons. The van der Waals surface area contributed by atoms with Crippen molar-refractivity contribution in [3.8, 4) is 5.75 Å². The summed E-state index contributed by atoms with van der Waals surface area (Å²) in [5.41, 5.74) is 4.16. The van der Waals surface area contributed by atoms with Gasteiger partial charge in [0, 0.05) is 16.5 Å². The molecular formula is C20H15N3O10S3. The van der Waals surface area contributed by atoms with E-state index in [2.05, 4.69) is 10.2 Å². The molecule has 0 bridgehead atoms. The lowest BCUT2D eigenvalue weighted by atomic mass is 10.1. The van der Waals surface area contributed by atoms with E-state index in [1.807, 2.05) is 0 Å². The Balaban J connectivity index is 2.08. The molecule has 0 aliphatic rings. The zero-order valence-electron chi connectivity index (χ0n) is 17.6. The molecule has 4 rings (SSSR count). The quantitative estimate of drug-likeness (QED) is 0.136. The van der Waals surface area contributed by atoms with Gasteiger partial charge < -0.3 is 10.8 Å². The first kappa shape index (κ1) is 25.4. The average Bonchev–Trinajstić information content (AvgIpc) is 2.75. The molecule has 0 saturated carbocycles. The zero-order valence-corrected chi connectivity index (χ0v) is 20.1. The number of nitrogen functional groups attached to an aromatic ring is 1. The normalized spacial score (nSPS) is 13.1. The third-order valence-corrected chi connectivity index (χ3v) is 7.70. The standard InChI is InChI=1S/C20H15N3O10S3/c21-14-9-12(34(25,26)27)7-11-8-16(36(31,32)33)19(20(24)17(11)14)23-22-18-13-4-2-1-3-10(13)5-6-15(18)35(28,29)30/h1-9,24H,21H2,(H,25,26,27)(H,28,29,30)(H,31,32,33). The maximum atomic E-state index is 12.1. The van der Waals surface area contributed by atoms with E-state index in [0.717, 1.165) is 24.3 Å². The van der Waals surface area contributed by atoms with Crippen molar-refractivity contribution in [2.45, 2.75) is 14.7 Å². The lowest BCUT2D eigenvalue weighted by Crippen LogP contribution is -2.03. The van der Waals surface area contributed by atoms with E-state index in [-0.39, 0.29) is 16.2 Å². The molecule has 6 N–H and O–H groups in total. The first-order chi connectivity index (χ1) is 16.6. The minimum Gasteiger partial charge on any atom is -0.505 e. The first-order valence-corrected chi connectivity index (χ1v) is 13.9. The van der Waals surface area contributed by atoms with Gasteiger partial charge in [-0.15, -0.1) is 10.2 Å². The van der Waals surface area contributed by atoms with Crippen LogP contribution in [0.4, 0.5) is 17.1 Å². The molecule has 0 aliphatic carbocycles. The highest BCUT2D eigenvalue weighted by atomic mass is 32.2. The van der Waals surface area contributed by atoms with Crippen LogP contribution in [0.3, 0.4) is 0 Å². The molecule has 13 nitrogen and oxygen atoms in total. The summed E-state index contributed by atoms with van der Waals surface area (Å²) in [5.74, 6) is -0.947. The Kier molecular flexibility index (Phi) is 5.98. The molecule has 0 radical (unpaired) electrons. The summed E-state index contributed by atoms with van der Waals surface area (Å²) in [5, 5.41) is 18.3.